The Morgan fingerprint density at radius 2 is 2.17 bits per heavy atom. The van der Waals surface area contributed by atoms with Gasteiger partial charge in [-0.15, -0.1) is 27.0 Å². The number of aromatic nitrogens is 5. The van der Waals surface area contributed by atoms with Crippen molar-refractivity contribution in [3.8, 4) is 0 Å². The van der Waals surface area contributed by atoms with Gasteiger partial charge in [0.2, 0.25) is 11.0 Å². The van der Waals surface area contributed by atoms with Crippen LogP contribution in [-0.2, 0) is 23.5 Å². The molecule has 0 atom stereocenters. The number of allylic oxidation sites excluding steroid dienone is 1. The van der Waals surface area contributed by atoms with Crippen molar-refractivity contribution in [2.24, 2.45) is 0 Å². The van der Waals surface area contributed by atoms with E-state index in [0.717, 1.165) is 26.8 Å². The van der Waals surface area contributed by atoms with Gasteiger partial charge < -0.3 is 4.57 Å². The van der Waals surface area contributed by atoms with E-state index in [0.29, 0.717) is 16.8 Å². The van der Waals surface area contributed by atoms with Crippen LogP contribution in [0.4, 0.5) is 5.13 Å². The van der Waals surface area contributed by atoms with E-state index in [9.17, 15) is 4.79 Å². The molecule has 0 aliphatic heterocycles. The first-order chi connectivity index (χ1) is 14.1. The maximum atomic E-state index is 12.3. The topological polar surface area (TPSA) is 85.6 Å². The lowest BCUT2D eigenvalue weighted by atomic mass is 10.2. The number of aryl methyl sites for hydroxylation is 1. The summed E-state index contributed by atoms with van der Waals surface area (Å²) in [7, 11) is 0. The SMILES string of the molecule is C=CCn1c(CC)nnc1SCC(=O)Nc1nnc(SCc2cccc(Br)c2)s1. The van der Waals surface area contributed by atoms with Gasteiger partial charge in [0, 0.05) is 23.2 Å². The third-order valence-electron chi connectivity index (χ3n) is 3.66. The summed E-state index contributed by atoms with van der Waals surface area (Å²) in [6.45, 7) is 6.40. The van der Waals surface area contributed by atoms with E-state index < -0.39 is 0 Å². The molecule has 0 radical (unpaired) electrons. The second-order valence-electron chi connectivity index (χ2n) is 5.78. The first-order valence-electron chi connectivity index (χ1n) is 8.75. The molecule has 29 heavy (non-hydrogen) atoms. The van der Waals surface area contributed by atoms with Crippen LogP contribution in [0.5, 0.6) is 0 Å². The lowest BCUT2D eigenvalue weighted by Crippen LogP contribution is -2.14. The van der Waals surface area contributed by atoms with Crippen LogP contribution in [-0.4, -0.2) is 36.6 Å². The molecule has 1 amide bonds. The Hall–Kier alpha value is -1.69. The lowest BCUT2D eigenvalue weighted by molar-refractivity contribution is -0.113. The molecule has 0 aliphatic rings. The Balaban J connectivity index is 1.50. The van der Waals surface area contributed by atoms with Crippen LogP contribution in [0.1, 0.15) is 18.3 Å². The predicted octanol–water partition coefficient (Wildman–Crippen LogP) is 4.66. The van der Waals surface area contributed by atoms with Gasteiger partial charge in [-0.2, -0.15) is 0 Å². The maximum absolute atomic E-state index is 12.3. The van der Waals surface area contributed by atoms with Crippen LogP contribution < -0.4 is 5.32 Å². The number of nitrogens with zero attached hydrogens (tertiary/aromatic N) is 5. The third-order valence-corrected chi connectivity index (χ3v) is 7.16. The van der Waals surface area contributed by atoms with Gasteiger partial charge in [0.05, 0.1) is 5.75 Å². The molecule has 11 heteroatoms. The summed E-state index contributed by atoms with van der Waals surface area (Å²) < 4.78 is 3.83. The first-order valence-corrected chi connectivity index (χ1v) is 12.3. The average Bonchev–Trinajstić information content (AvgIpc) is 3.32. The summed E-state index contributed by atoms with van der Waals surface area (Å²) in [5, 5.41) is 20.5. The number of carbonyl (C=O) groups excluding carboxylic acids is 1. The molecule has 0 aliphatic carbocycles. The Morgan fingerprint density at radius 1 is 1.31 bits per heavy atom. The zero-order chi connectivity index (χ0) is 20.6. The van der Waals surface area contributed by atoms with Gasteiger partial charge >= 0.3 is 0 Å². The van der Waals surface area contributed by atoms with E-state index in [-0.39, 0.29) is 11.7 Å². The van der Waals surface area contributed by atoms with Crippen LogP contribution in [0.25, 0.3) is 0 Å². The quantitative estimate of drug-likeness (QED) is 0.241. The molecule has 0 fully saturated rings. The fraction of sp³-hybridized carbons (Fsp3) is 0.278. The molecule has 0 bridgehead atoms. The fourth-order valence-electron chi connectivity index (χ4n) is 2.38. The van der Waals surface area contributed by atoms with Crippen molar-refractivity contribution >= 4 is 61.8 Å². The van der Waals surface area contributed by atoms with Crippen LogP contribution >= 0.6 is 50.8 Å². The van der Waals surface area contributed by atoms with Crippen molar-refractivity contribution in [1.82, 2.24) is 25.0 Å². The van der Waals surface area contributed by atoms with Crippen molar-refractivity contribution in [2.75, 3.05) is 11.1 Å². The van der Waals surface area contributed by atoms with Crippen LogP contribution in [0.3, 0.4) is 0 Å². The number of carbonyl (C=O) groups is 1. The largest absolute Gasteiger partial charge is 0.302 e. The summed E-state index contributed by atoms with van der Waals surface area (Å²) in [6.07, 6.45) is 2.57. The van der Waals surface area contributed by atoms with E-state index in [2.05, 4.69) is 60.4 Å². The summed E-state index contributed by atoms with van der Waals surface area (Å²) in [5.41, 5.74) is 1.19. The molecular formula is C18H19BrN6OS3. The highest BCUT2D eigenvalue weighted by molar-refractivity contribution is 9.10. The molecule has 2 aromatic heterocycles. The van der Waals surface area contributed by atoms with Gasteiger partial charge in [-0.3, -0.25) is 10.1 Å². The number of hydrogen-bond acceptors (Lipinski definition) is 8. The molecule has 7 nitrogen and oxygen atoms in total. The lowest BCUT2D eigenvalue weighted by Gasteiger charge is -2.06. The minimum Gasteiger partial charge on any atom is -0.302 e. The van der Waals surface area contributed by atoms with Gasteiger partial charge in [-0.05, 0) is 17.7 Å². The van der Waals surface area contributed by atoms with Gasteiger partial charge in [-0.25, -0.2) is 0 Å². The molecule has 0 saturated heterocycles. The van der Waals surface area contributed by atoms with E-state index in [1.54, 1.807) is 17.8 Å². The van der Waals surface area contributed by atoms with Gasteiger partial charge in [0.1, 0.15) is 5.82 Å². The molecule has 3 rings (SSSR count). The van der Waals surface area contributed by atoms with Crippen molar-refractivity contribution < 1.29 is 4.79 Å². The summed E-state index contributed by atoms with van der Waals surface area (Å²) >= 11 is 7.77. The molecule has 3 aromatic rings. The Bertz CT molecular complexity index is 990. The Morgan fingerprint density at radius 3 is 2.93 bits per heavy atom. The molecule has 152 valence electrons. The molecule has 0 saturated carbocycles. The number of benzene rings is 1. The highest BCUT2D eigenvalue weighted by atomic mass is 79.9. The van der Waals surface area contributed by atoms with Crippen LogP contribution in [0.15, 0.2) is 50.9 Å². The van der Waals surface area contributed by atoms with Crippen molar-refractivity contribution in [3.05, 3.63) is 52.8 Å². The van der Waals surface area contributed by atoms with Crippen molar-refractivity contribution in [2.45, 2.75) is 35.1 Å². The molecule has 1 N–H and O–H groups in total. The number of hydrogen-bond donors (Lipinski definition) is 1. The fourth-order valence-corrected chi connectivity index (χ4v) is 5.30. The number of anilines is 1. The smallest absolute Gasteiger partial charge is 0.236 e. The maximum Gasteiger partial charge on any atom is 0.236 e. The second kappa shape index (κ2) is 10.9. The van der Waals surface area contributed by atoms with Gasteiger partial charge in [0.25, 0.3) is 0 Å². The molecule has 0 spiro atoms. The minimum absolute atomic E-state index is 0.152. The summed E-state index contributed by atoms with van der Waals surface area (Å²) in [6, 6.07) is 8.13. The third kappa shape index (κ3) is 6.39. The van der Waals surface area contributed by atoms with Crippen LogP contribution in [0.2, 0.25) is 0 Å². The highest BCUT2D eigenvalue weighted by Gasteiger charge is 2.14. The van der Waals surface area contributed by atoms with E-state index in [4.69, 9.17) is 0 Å². The standard InChI is InChI=1S/C18H19BrN6OS3/c1-3-8-25-14(4-2)21-23-17(25)27-11-15(26)20-16-22-24-18(29-16)28-10-12-6-5-7-13(19)9-12/h3,5-7,9H,1,4,8,10-11H2,2H3,(H,20,22,26). The Labute approximate surface area is 189 Å². The molecular weight excluding hydrogens is 492 g/mol. The van der Waals surface area contributed by atoms with Gasteiger partial charge in [0.15, 0.2) is 9.50 Å². The number of thioether (sulfide) groups is 2. The average molecular weight is 511 g/mol. The minimum atomic E-state index is -0.152. The number of halogens is 1. The Kier molecular flexibility index (Phi) is 8.28. The zero-order valence-electron chi connectivity index (χ0n) is 15.7. The summed E-state index contributed by atoms with van der Waals surface area (Å²) in [4.78, 5) is 12.3. The highest BCUT2D eigenvalue weighted by Crippen LogP contribution is 2.29. The van der Waals surface area contributed by atoms with Crippen LogP contribution in [0, 0.1) is 0 Å². The molecule has 1 aromatic carbocycles. The second-order valence-corrected chi connectivity index (χ2v) is 9.84. The van der Waals surface area contributed by atoms with E-state index in [1.807, 2.05) is 23.6 Å². The van der Waals surface area contributed by atoms with Crippen molar-refractivity contribution in [3.63, 3.8) is 0 Å². The molecule has 0 unspecified atom stereocenters. The summed E-state index contributed by atoms with van der Waals surface area (Å²) in [5.74, 6) is 1.74. The monoisotopic (exact) mass is 510 g/mol. The van der Waals surface area contributed by atoms with Crippen molar-refractivity contribution in [1.29, 1.82) is 0 Å². The molecule has 2 heterocycles. The number of rotatable bonds is 10. The first kappa shape index (κ1) is 22.0. The number of nitrogens with one attached hydrogen (secondary N) is 1. The predicted molar refractivity (Wildman–Crippen MR) is 123 cm³/mol. The van der Waals surface area contributed by atoms with Gasteiger partial charge in [-0.1, -0.05) is 75.9 Å². The number of amides is 1. The van der Waals surface area contributed by atoms with E-state index >= 15 is 0 Å². The van der Waals surface area contributed by atoms with E-state index in [1.165, 1.54) is 28.7 Å². The zero-order valence-corrected chi connectivity index (χ0v) is 19.7. The normalized spacial score (nSPS) is 10.8.